The molecule has 1 aromatic heterocycles. The van der Waals surface area contributed by atoms with E-state index >= 15 is 0 Å². The highest BCUT2D eigenvalue weighted by atomic mass is 16.2. The fourth-order valence-corrected chi connectivity index (χ4v) is 3.75. The average molecular weight is 311 g/mol. The zero-order valence-corrected chi connectivity index (χ0v) is 13.6. The Morgan fingerprint density at radius 3 is 2.65 bits per heavy atom. The van der Waals surface area contributed by atoms with Crippen LogP contribution in [0.5, 0.6) is 0 Å². The summed E-state index contributed by atoms with van der Waals surface area (Å²) in [5, 5.41) is 0.673. The van der Waals surface area contributed by atoms with Crippen LogP contribution in [0.4, 0.5) is 0 Å². The number of benzene rings is 1. The molecule has 1 unspecified atom stereocenters. The Bertz CT molecular complexity index is 847. The van der Waals surface area contributed by atoms with Gasteiger partial charge >= 0.3 is 0 Å². The standard InChI is InChI=1S/C18H21N3O2/c1-12-10-13-4-3-5-14-16(13)21(12)11-15(17(14)22)18(23)20-8-6-19(2)7-9-20/h3-5,11-12H,6-10H2,1-2H3. The molecule has 120 valence electrons. The van der Waals surface area contributed by atoms with Crippen molar-refractivity contribution in [1.29, 1.82) is 0 Å². The summed E-state index contributed by atoms with van der Waals surface area (Å²) in [6.45, 7) is 5.21. The van der Waals surface area contributed by atoms with Crippen molar-refractivity contribution in [2.75, 3.05) is 33.2 Å². The van der Waals surface area contributed by atoms with Crippen molar-refractivity contribution in [3.05, 3.63) is 45.7 Å². The van der Waals surface area contributed by atoms with Gasteiger partial charge in [-0.25, -0.2) is 0 Å². The van der Waals surface area contributed by atoms with Crippen molar-refractivity contribution in [2.45, 2.75) is 19.4 Å². The minimum Gasteiger partial charge on any atom is -0.343 e. The maximum atomic E-state index is 12.9. The van der Waals surface area contributed by atoms with Crippen LogP contribution in [0.1, 0.15) is 28.9 Å². The van der Waals surface area contributed by atoms with Crippen LogP contribution >= 0.6 is 0 Å². The predicted molar refractivity (Wildman–Crippen MR) is 90.0 cm³/mol. The van der Waals surface area contributed by atoms with Gasteiger partial charge in [-0.3, -0.25) is 9.59 Å². The summed E-state index contributed by atoms with van der Waals surface area (Å²) in [5.74, 6) is -0.127. The minimum absolute atomic E-state index is 0.127. The van der Waals surface area contributed by atoms with Gasteiger partial charge in [0, 0.05) is 43.8 Å². The van der Waals surface area contributed by atoms with Gasteiger partial charge in [0.1, 0.15) is 5.56 Å². The van der Waals surface area contributed by atoms with Gasteiger partial charge in [-0.15, -0.1) is 0 Å². The molecule has 5 nitrogen and oxygen atoms in total. The fraction of sp³-hybridized carbons (Fsp3) is 0.444. The van der Waals surface area contributed by atoms with Crippen LogP contribution in [0.15, 0.2) is 29.2 Å². The number of piperazine rings is 1. The highest BCUT2D eigenvalue weighted by molar-refractivity contribution is 5.98. The van der Waals surface area contributed by atoms with Gasteiger partial charge in [0.15, 0.2) is 0 Å². The molecule has 0 aliphatic carbocycles. The number of carbonyl (C=O) groups is 1. The first-order chi connectivity index (χ1) is 11.1. The van der Waals surface area contributed by atoms with Crippen molar-refractivity contribution in [3.8, 4) is 0 Å². The molecule has 0 spiro atoms. The molecule has 1 fully saturated rings. The number of hydrogen-bond acceptors (Lipinski definition) is 3. The van der Waals surface area contributed by atoms with E-state index in [0.29, 0.717) is 24.0 Å². The molecule has 0 N–H and O–H groups in total. The van der Waals surface area contributed by atoms with E-state index in [4.69, 9.17) is 0 Å². The summed E-state index contributed by atoms with van der Waals surface area (Å²) in [5.41, 5.74) is 2.38. The van der Waals surface area contributed by atoms with Crippen molar-refractivity contribution < 1.29 is 4.79 Å². The topological polar surface area (TPSA) is 45.6 Å². The number of likely N-dealkylation sites (N-methyl/N-ethyl adjacent to an activating group) is 1. The second-order valence-electron chi connectivity index (χ2n) is 6.74. The van der Waals surface area contributed by atoms with E-state index in [9.17, 15) is 9.59 Å². The number of hydrogen-bond donors (Lipinski definition) is 0. The third kappa shape index (κ3) is 2.18. The number of aromatic nitrogens is 1. The lowest BCUT2D eigenvalue weighted by atomic mass is 10.1. The molecule has 1 amide bonds. The van der Waals surface area contributed by atoms with E-state index in [1.807, 2.05) is 12.1 Å². The van der Waals surface area contributed by atoms with Gasteiger partial charge < -0.3 is 14.4 Å². The van der Waals surface area contributed by atoms with Gasteiger partial charge in [-0.05, 0) is 32.0 Å². The molecule has 0 saturated carbocycles. The predicted octanol–water partition coefficient (Wildman–Crippen LogP) is 1.51. The Hall–Kier alpha value is -2.14. The SMILES string of the molecule is CC1Cc2cccc3c(=O)c(C(=O)N4CCN(C)CC4)cn1c23. The minimum atomic E-state index is -0.129. The van der Waals surface area contributed by atoms with Crippen LogP contribution in [-0.4, -0.2) is 53.5 Å². The number of carbonyl (C=O) groups excluding carboxylic acids is 1. The van der Waals surface area contributed by atoms with Gasteiger partial charge in [-0.1, -0.05) is 12.1 Å². The highest BCUT2D eigenvalue weighted by Crippen LogP contribution is 2.31. The molecule has 2 aliphatic heterocycles. The van der Waals surface area contributed by atoms with E-state index in [-0.39, 0.29) is 17.4 Å². The van der Waals surface area contributed by atoms with Crippen LogP contribution in [0.2, 0.25) is 0 Å². The van der Waals surface area contributed by atoms with Gasteiger partial charge in [-0.2, -0.15) is 0 Å². The largest absolute Gasteiger partial charge is 0.343 e. The highest BCUT2D eigenvalue weighted by Gasteiger charge is 2.27. The van der Waals surface area contributed by atoms with E-state index in [0.717, 1.165) is 25.0 Å². The number of pyridine rings is 1. The van der Waals surface area contributed by atoms with Gasteiger partial charge in [0.05, 0.1) is 5.52 Å². The second-order valence-corrected chi connectivity index (χ2v) is 6.74. The fourth-order valence-electron chi connectivity index (χ4n) is 3.75. The number of nitrogens with zero attached hydrogens (tertiary/aromatic N) is 3. The monoisotopic (exact) mass is 311 g/mol. The zero-order chi connectivity index (χ0) is 16.1. The van der Waals surface area contributed by atoms with Crippen LogP contribution in [0, 0.1) is 0 Å². The Morgan fingerprint density at radius 2 is 1.91 bits per heavy atom. The van der Waals surface area contributed by atoms with Crippen molar-refractivity contribution in [1.82, 2.24) is 14.4 Å². The van der Waals surface area contributed by atoms with Crippen LogP contribution < -0.4 is 5.43 Å². The summed E-state index contributed by atoms with van der Waals surface area (Å²) < 4.78 is 2.11. The lowest BCUT2D eigenvalue weighted by molar-refractivity contribution is 0.0662. The normalized spacial score (nSPS) is 21.1. The molecule has 23 heavy (non-hydrogen) atoms. The summed E-state index contributed by atoms with van der Waals surface area (Å²) in [4.78, 5) is 29.7. The molecular formula is C18H21N3O2. The van der Waals surface area contributed by atoms with Crippen molar-refractivity contribution >= 4 is 16.8 Å². The summed E-state index contributed by atoms with van der Waals surface area (Å²) >= 11 is 0. The second kappa shape index (κ2) is 5.20. The smallest absolute Gasteiger partial charge is 0.259 e. The first-order valence-electron chi connectivity index (χ1n) is 8.21. The maximum absolute atomic E-state index is 12.9. The Balaban J connectivity index is 1.82. The number of para-hydroxylation sites is 1. The lowest BCUT2D eigenvalue weighted by Crippen LogP contribution is -2.48. The first kappa shape index (κ1) is 14.5. The van der Waals surface area contributed by atoms with E-state index in [1.54, 1.807) is 11.1 Å². The Labute approximate surface area is 135 Å². The third-order valence-electron chi connectivity index (χ3n) is 5.15. The van der Waals surface area contributed by atoms with Crippen molar-refractivity contribution in [3.63, 3.8) is 0 Å². The molecular weight excluding hydrogens is 290 g/mol. The third-order valence-corrected chi connectivity index (χ3v) is 5.15. The quantitative estimate of drug-likeness (QED) is 0.802. The zero-order valence-electron chi connectivity index (χ0n) is 13.6. The number of amides is 1. The van der Waals surface area contributed by atoms with Gasteiger partial charge in [0.25, 0.3) is 5.91 Å². The lowest BCUT2D eigenvalue weighted by Gasteiger charge is -2.32. The number of rotatable bonds is 1. The molecule has 0 bridgehead atoms. The Morgan fingerprint density at radius 1 is 1.17 bits per heavy atom. The van der Waals surface area contributed by atoms with Crippen molar-refractivity contribution in [2.24, 2.45) is 0 Å². The maximum Gasteiger partial charge on any atom is 0.259 e. The van der Waals surface area contributed by atoms with Crippen LogP contribution in [0.3, 0.4) is 0 Å². The summed E-state index contributed by atoms with van der Waals surface area (Å²) in [6, 6.07) is 6.13. The molecule has 2 aliphatic rings. The van der Waals surface area contributed by atoms with E-state index < -0.39 is 0 Å². The van der Waals surface area contributed by atoms with E-state index in [2.05, 4.69) is 29.5 Å². The average Bonchev–Trinajstić information content (AvgIpc) is 2.87. The summed E-state index contributed by atoms with van der Waals surface area (Å²) in [6.07, 6.45) is 2.70. The molecule has 1 saturated heterocycles. The summed E-state index contributed by atoms with van der Waals surface area (Å²) in [7, 11) is 2.05. The molecule has 3 heterocycles. The van der Waals surface area contributed by atoms with Crippen LogP contribution in [-0.2, 0) is 6.42 Å². The molecule has 2 aromatic rings. The Kier molecular flexibility index (Phi) is 3.27. The molecule has 5 heteroatoms. The van der Waals surface area contributed by atoms with E-state index in [1.165, 1.54) is 5.56 Å². The van der Waals surface area contributed by atoms with Gasteiger partial charge in [0.2, 0.25) is 5.43 Å². The molecule has 0 radical (unpaired) electrons. The molecule has 1 atom stereocenters. The molecule has 4 rings (SSSR count). The van der Waals surface area contributed by atoms with Crippen LogP contribution in [0.25, 0.3) is 10.9 Å². The first-order valence-corrected chi connectivity index (χ1v) is 8.21. The molecule has 1 aromatic carbocycles.